The number of para-hydroxylation sites is 2. The molecule has 6 nitrogen and oxygen atoms in total. The van der Waals surface area contributed by atoms with Crippen molar-refractivity contribution in [3.8, 4) is 0 Å². The van der Waals surface area contributed by atoms with Crippen molar-refractivity contribution < 1.29 is 14.3 Å². The van der Waals surface area contributed by atoms with E-state index in [0.717, 1.165) is 61.6 Å². The average molecular weight is 468 g/mol. The SMILES string of the molecule is C/C=C/CCC(=O)C1CCC(c2nc(C(=O)Nc3ccccc3N3CCOCC3)cs2)CC1. The van der Waals surface area contributed by atoms with Gasteiger partial charge in [-0.25, -0.2) is 4.98 Å². The molecule has 1 saturated carbocycles. The van der Waals surface area contributed by atoms with E-state index in [4.69, 9.17) is 4.74 Å². The molecule has 2 aliphatic rings. The van der Waals surface area contributed by atoms with Crippen molar-refractivity contribution in [2.75, 3.05) is 36.5 Å². The summed E-state index contributed by atoms with van der Waals surface area (Å²) in [5.41, 5.74) is 2.29. The van der Waals surface area contributed by atoms with Crippen LogP contribution in [-0.4, -0.2) is 43.0 Å². The zero-order valence-corrected chi connectivity index (χ0v) is 20.1. The van der Waals surface area contributed by atoms with Crippen LogP contribution in [0.25, 0.3) is 0 Å². The maximum atomic E-state index is 13.0. The predicted octanol–water partition coefficient (Wildman–Crippen LogP) is 5.43. The fourth-order valence-corrected chi connectivity index (χ4v) is 5.66. The molecule has 0 unspecified atom stereocenters. The van der Waals surface area contributed by atoms with Crippen molar-refractivity contribution in [1.82, 2.24) is 4.98 Å². The Bertz CT molecular complexity index is 973. The maximum Gasteiger partial charge on any atom is 0.275 e. The molecule has 1 aliphatic heterocycles. The number of benzene rings is 1. The minimum absolute atomic E-state index is 0.175. The van der Waals surface area contributed by atoms with Gasteiger partial charge in [-0.15, -0.1) is 11.3 Å². The third-order valence-electron chi connectivity index (χ3n) is 6.58. The van der Waals surface area contributed by atoms with Gasteiger partial charge in [-0.05, 0) is 51.2 Å². The van der Waals surface area contributed by atoms with Crippen molar-refractivity contribution >= 4 is 34.4 Å². The molecule has 0 atom stereocenters. The Labute approximate surface area is 200 Å². The second-order valence-corrected chi connectivity index (χ2v) is 9.65. The van der Waals surface area contributed by atoms with Crippen molar-refractivity contribution in [2.24, 2.45) is 5.92 Å². The number of hydrogen-bond acceptors (Lipinski definition) is 6. The van der Waals surface area contributed by atoms with Gasteiger partial charge in [0.2, 0.25) is 0 Å². The van der Waals surface area contributed by atoms with E-state index in [9.17, 15) is 9.59 Å². The van der Waals surface area contributed by atoms with Crippen LogP contribution in [0, 0.1) is 5.92 Å². The third kappa shape index (κ3) is 6.09. The molecule has 1 aromatic carbocycles. The minimum atomic E-state index is -0.175. The molecule has 1 N–H and O–H groups in total. The van der Waals surface area contributed by atoms with E-state index in [1.807, 2.05) is 42.6 Å². The first-order chi connectivity index (χ1) is 16.2. The number of nitrogens with one attached hydrogen (secondary N) is 1. The standard InChI is InChI=1S/C26H33N3O3S/c1-2-3-4-9-24(30)19-10-12-20(13-11-19)26-28-22(18-33-26)25(31)27-21-7-5-6-8-23(21)29-14-16-32-17-15-29/h2-3,5-8,18-20H,4,9-17H2,1H3,(H,27,31)/b3-2+. The van der Waals surface area contributed by atoms with Gasteiger partial charge in [-0.3, -0.25) is 9.59 Å². The van der Waals surface area contributed by atoms with Crippen LogP contribution in [0.5, 0.6) is 0 Å². The lowest BCUT2D eigenvalue weighted by Gasteiger charge is -2.30. The number of allylic oxidation sites excluding steroid dienone is 2. The van der Waals surface area contributed by atoms with Crippen LogP contribution in [0.2, 0.25) is 0 Å². The molecule has 176 valence electrons. The predicted molar refractivity (Wildman–Crippen MR) is 133 cm³/mol. The highest BCUT2D eigenvalue weighted by Gasteiger charge is 2.28. The Hall–Kier alpha value is -2.51. The number of Topliss-reactive ketones (excluding diaryl/α,β-unsaturated/α-hetero) is 1. The Morgan fingerprint density at radius 2 is 1.94 bits per heavy atom. The first-order valence-corrected chi connectivity index (χ1v) is 12.9. The lowest BCUT2D eigenvalue weighted by Crippen LogP contribution is -2.36. The number of rotatable bonds is 8. The highest BCUT2D eigenvalue weighted by atomic mass is 32.1. The van der Waals surface area contributed by atoms with E-state index in [2.05, 4.69) is 21.3 Å². The molecule has 2 aromatic rings. The minimum Gasteiger partial charge on any atom is -0.378 e. The normalized spacial score (nSPS) is 21.3. The Balaban J connectivity index is 1.34. The Kier molecular flexibility index (Phi) is 8.29. The number of carbonyl (C=O) groups excluding carboxylic acids is 2. The number of anilines is 2. The summed E-state index contributed by atoms with van der Waals surface area (Å²) < 4.78 is 5.45. The fourth-order valence-electron chi connectivity index (χ4n) is 4.68. The summed E-state index contributed by atoms with van der Waals surface area (Å²) in [6, 6.07) is 7.89. The van der Waals surface area contributed by atoms with Crippen LogP contribution in [-0.2, 0) is 9.53 Å². The van der Waals surface area contributed by atoms with Crippen LogP contribution in [0.4, 0.5) is 11.4 Å². The van der Waals surface area contributed by atoms with Gasteiger partial charge in [0.25, 0.3) is 5.91 Å². The molecule has 1 saturated heterocycles. The van der Waals surface area contributed by atoms with Gasteiger partial charge in [0.1, 0.15) is 11.5 Å². The van der Waals surface area contributed by atoms with E-state index in [1.165, 1.54) is 0 Å². The highest BCUT2D eigenvalue weighted by molar-refractivity contribution is 7.10. The summed E-state index contributed by atoms with van der Waals surface area (Å²) in [7, 11) is 0. The number of aromatic nitrogens is 1. The topological polar surface area (TPSA) is 71.5 Å². The number of ketones is 1. The molecular formula is C26H33N3O3S. The van der Waals surface area contributed by atoms with Crippen molar-refractivity contribution in [2.45, 2.75) is 51.4 Å². The number of hydrogen-bond donors (Lipinski definition) is 1. The maximum absolute atomic E-state index is 13.0. The number of nitrogens with zero attached hydrogens (tertiary/aromatic N) is 2. The zero-order valence-electron chi connectivity index (χ0n) is 19.3. The van der Waals surface area contributed by atoms with Gasteiger partial charge in [-0.1, -0.05) is 24.3 Å². The average Bonchev–Trinajstić information content (AvgIpc) is 3.36. The number of morpholine rings is 1. The summed E-state index contributed by atoms with van der Waals surface area (Å²) in [5, 5.41) is 5.93. The molecule has 0 bridgehead atoms. The molecule has 0 radical (unpaired) electrons. The molecule has 1 aromatic heterocycles. The lowest BCUT2D eigenvalue weighted by atomic mass is 9.79. The molecule has 2 fully saturated rings. The summed E-state index contributed by atoms with van der Waals surface area (Å²) in [5.74, 6) is 0.749. The van der Waals surface area contributed by atoms with Crippen molar-refractivity contribution in [3.05, 3.63) is 52.5 Å². The van der Waals surface area contributed by atoms with Crippen LogP contribution in [0.15, 0.2) is 41.8 Å². The molecule has 2 heterocycles. The van der Waals surface area contributed by atoms with Crippen molar-refractivity contribution in [3.63, 3.8) is 0 Å². The van der Waals surface area contributed by atoms with E-state index >= 15 is 0 Å². The van der Waals surface area contributed by atoms with Gasteiger partial charge in [0, 0.05) is 36.7 Å². The number of ether oxygens (including phenoxy) is 1. The summed E-state index contributed by atoms with van der Waals surface area (Å²) in [6.07, 6.45) is 9.33. The third-order valence-corrected chi connectivity index (χ3v) is 7.59. The van der Waals surface area contributed by atoms with Crippen LogP contribution < -0.4 is 10.2 Å². The smallest absolute Gasteiger partial charge is 0.275 e. The van der Waals surface area contributed by atoms with Gasteiger partial charge in [0.15, 0.2) is 0 Å². The molecule has 0 spiro atoms. The monoisotopic (exact) mass is 467 g/mol. The van der Waals surface area contributed by atoms with E-state index in [0.29, 0.717) is 37.0 Å². The number of amides is 1. The first-order valence-electron chi connectivity index (χ1n) is 12.0. The molecular weight excluding hydrogens is 434 g/mol. The summed E-state index contributed by atoms with van der Waals surface area (Å²) in [6.45, 7) is 5.01. The Morgan fingerprint density at radius 1 is 1.18 bits per heavy atom. The number of thiazole rings is 1. The summed E-state index contributed by atoms with van der Waals surface area (Å²) >= 11 is 1.56. The fraction of sp³-hybridized carbons (Fsp3) is 0.500. The molecule has 1 amide bonds. The van der Waals surface area contributed by atoms with E-state index in [-0.39, 0.29) is 11.8 Å². The van der Waals surface area contributed by atoms with E-state index < -0.39 is 0 Å². The van der Waals surface area contributed by atoms with Crippen LogP contribution in [0.1, 0.15) is 66.9 Å². The second kappa shape index (κ2) is 11.6. The van der Waals surface area contributed by atoms with Crippen molar-refractivity contribution in [1.29, 1.82) is 0 Å². The quantitative estimate of drug-likeness (QED) is 0.524. The lowest BCUT2D eigenvalue weighted by molar-refractivity contribution is -0.123. The van der Waals surface area contributed by atoms with Crippen LogP contribution in [0.3, 0.4) is 0 Å². The van der Waals surface area contributed by atoms with Gasteiger partial charge >= 0.3 is 0 Å². The Morgan fingerprint density at radius 3 is 2.70 bits per heavy atom. The number of carbonyl (C=O) groups is 2. The molecule has 4 rings (SSSR count). The molecule has 33 heavy (non-hydrogen) atoms. The van der Waals surface area contributed by atoms with Gasteiger partial charge in [0.05, 0.1) is 29.6 Å². The molecule has 1 aliphatic carbocycles. The highest BCUT2D eigenvalue weighted by Crippen LogP contribution is 2.38. The van der Waals surface area contributed by atoms with Crippen LogP contribution >= 0.6 is 11.3 Å². The van der Waals surface area contributed by atoms with Gasteiger partial charge in [-0.2, -0.15) is 0 Å². The van der Waals surface area contributed by atoms with E-state index in [1.54, 1.807) is 11.3 Å². The second-order valence-electron chi connectivity index (χ2n) is 8.76. The zero-order chi connectivity index (χ0) is 23.0. The summed E-state index contributed by atoms with van der Waals surface area (Å²) in [4.78, 5) is 32.3. The van der Waals surface area contributed by atoms with Gasteiger partial charge < -0.3 is 15.0 Å². The molecule has 7 heteroatoms. The largest absolute Gasteiger partial charge is 0.378 e. The first kappa shape index (κ1) is 23.6.